The topological polar surface area (TPSA) is 88.2 Å². The number of aromatic amines is 1. The van der Waals surface area contributed by atoms with Crippen molar-refractivity contribution >= 4 is 27.5 Å². The van der Waals surface area contributed by atoms with E-state index in [2.05, 4.69) is 15.0 Å². The number of pyridine rings is 1. The molecule has 1 N–H and O–H groups in total. The van der Waals surface area contributed by atoms with Gasteiger partial charge in [0.05, 0.1) is 18.7 Å². The SMILES string of the molecule is Cc1ccccc1C1CN(C(=O)c2csc3c(=O)[nH]c(-c4ccccn4)nc23)CCO1. The van der Waals surface area contributed by atoms with Crippen LogP contribution in [0.25, 0.3) is 21.7 Å². The van der Waals surface area contributed by atoms with Gasteiger partial charge in [-0.3, -0.25) is 14.6 Å². The molecule has 31 heavy (non-hydrogen) atoms. The normalized spacial score (nSPS) is 16.5. The third-order valence-corrected chi connectivity index (χ3v) is 6.42. The first kappa shape index (κ1) is 19.6. The molecule has 1 aliphatic rings. The van der Waals surface area contributed by atoms with Gasteiger partial charge in [-0.05, 0) is 30.2 Å². The monoisotopic (exact) mass is 432 g/mol. The fourth-order valence-corrected chi connectivity index (χ4v) is 4.72. The van der Waals surface area contributed by atoms with Gasteiger partial charge in [0.15, 0.2) is 5.82 Å². The molecule has 1 unspecified atom stereocenters. The average molecular weight is 433 g/mol. The molecule has 1 aliphatic heterocycles. The van der Waals surface area contributed by atoms with Crippen molar-refractivity contribution in [1.29, 1.82) is 0 Å². The molecular formula is C23H20N4O3S. The van der Waals surface area contributed by atoms with Gasteiger partial charge in [-0.1, -0.05) is 30.3 Å². The number of ether oxygens (including phenoxy) is 1. The number of carbonyl (C=O) groups is 1. The Kier molecular flexibility index (Phi) is 5.09. The highest BCUT2D eigenvalue weighted by Crippen LogP contribution is 2.28. The van der Waals surface area contributed by atoms with E-state index in [9.17, 15) is 9.59 Å². The minimum atomic E-state index is -0.269. The molecule has 1 amide bonds. The average Bonchev–Trinajstić information content (AvgIpc) is 3.24. The molecule has 1 atom stereocenters. The number of nitrogens with zero attached hydrogens (tertiary/aromatic N) is 3. The van der Waals surface area contributed by atoms with Crippen LogP contribution < -0.4 is 5.56 Å². The number of rotatable bonds is 3. The first-order chi connectivity index (χ1) is 15.1. The number of aromatic nitrogens is 3. The number of nitrogens with one attached hydrogen (secondary N) is 1. The van der Waals surface area contributed by atoms with Crippen LogP contribution in [0.15, 0.2) is 58.8 Å². The van der Waals surface area contributed by atoms with Crippen LogP contribution in [-0.2, 0) is 4.74 Å². The number of H-pyrrole nitrogens is 1. The molecule has 1 aromatic carbocycles. The number of hydrogen-bond donors (Lipinski definition) is 1. The number of benzene rings is 1. The van der Waals surface area contributed by atoms with Gasteiger partial charge >= 0.3 is 0 Å². The third-order valence-electron chi connectivity index (χ3n) is 5.45. The maximum Gasteiger partial charge on any atom is 0.269 e. The zero-order chi connectivity index (χ0) is 21.4. The predicted octanol–water partition coefficient (Wildman–Crippen LogP) is 3.57. The summed E-state index contributed by atoms with van der Waals surface area (Å²) in [6.45, 7) is 3.45. The van der Waals surface area contributed by atoms with Crippen molar-refractivity contribution in [1.82, 2.24) is 19.9 Å². The summed E-state index contributed by atoms with van der Waals surface area (Å²) >= 11 is 1.23. The molecule has 156 valence electrons. The number of fused-ring (bicyclic) bond motifs is 1. The van der Waals surface area contributed by atoms with Crippen molar-refractivity contribution in [2.24, 2.45) is 0 Å². The Morgan fingerprint density at radius 3 is 2.87 bits per heavy atom. The highest BCUT2D eigenvalue weighted by Gasteiger charge is 2.29. The highest BCUT2D eigenvalue weighted by molar-refractivity contribution is 7.17. The van der Waals surface area contributed by atoms with E-state index in [1.54, 1.807) is 28.6 Å². The first-order valence-electron chi connectivity index (χ1n) is 10.0. The van der Waals surface area contributed by atoms with Crippen molar-refractivity contribution < 1.29 is 9.53 Å². The lowest BCUT2D eigenvalue weighted by atomic mass is 10.0. The van der Waals surface area contributed by atoms with Gasteiger partial charge < -0.3 is 14.6 Å². The van der Waals surface area contributed by atoms with Crippen molar-refractivity contribution in [2.45, 2.75) is 13.0 Å². The van der Waals surface area contributed by atoms with Crippen LogP contribution in [-0.4, -0.2) is 45.5 Å². The maximum absolute atomic E-state index is 13.4. The second-order valence-electron chi connectivity index (χ2n) is 7.42. The Morgan fingerprint density at radius 2 is 2.06 bits per heavy atom. The molecule has 8 heteroatoms. The first-order valence-corrected chi connectivity index (χ1v) is 10.9. The molecule has 7 nitrogen and oxygen atoms in total. The molecular weight excluding hydrogens is 412 g/mol. The van der Waals surface area contributed by atoms with Crippen LogP contribution in [0.5, 0.6) is 0 Å². The van der Waals surface area contributed by atoms with E-state index in [4.69, 9.17) is 4.74 Å². The molecule has 0 bridgehead atoms. The van der Waals surface area contributed by atoms with Crippen LogP contribution in [0.4, 0.5) is 0 Å². The van der Waals surface area contributed by atoms with E-state index in [1.807, 2.05) is 37.3 Å². The maximum atomic E-state index is 13.4. The lowest BCUT2D eigenvalue weighted by Crippen LogP contribution is -2.42. The fraction of sp³-hybridized carbons (Fsp3) is 0.217. The number of aryl methyl sites for hydroxylation is 1. The Hall–Kier alpha value is -3.36. The lowest BCUT2D eigenvalue weighted by Gasteiger charge is -2.33. The van der Waals surface area contributed by atoms with Crippen molar-refractivity contribution in [3.63, 3.8) is 0 Å². The standard InChI is InChI=1S/C23H20N4O3S/c1-14-6-2-3-7-15(14)18-12-27(10-11-30-18)23(29)16-13-31-20-19(16)25-21(26-22(20)28)17-8-4-5-9-24-17/h2-9,13,18H,10-12H2,1H3,(H,25,26,28). The number of morpholine rings is 1. The Labute approximate surface area is 182 Å². The highest BCUT2D eigenvalue weighted by atomic mass is 32.1. The van der Waals surface area contributed by atoms with Crippen LogP contribution in [0.2, 0.25) is 0 Å². The van der Waals surface area contributed by atoms with Gasteiger partial charge in [-0.2, -0.15) is 0 Å². The quantitative estimate of drug-likeness (QED) is 0.535. The molecule has 0 radical (unpaired) electrons. The van der Waals surface area contributed by atoms with Gasteiger partial charge in [0.1, 0.15) is 22.0 Å². The van der Waals surface area contributed by atoms with Crippen LogP contribution in [0.3, 0.4) is 0 Å². The molecule has 4 heterocycles. The van der Waals surface area contributed by atoms with Crippen molar-refractivity contribution in [2.75, 3.05) is 19.7 Å². The molecule has 1 saturated heterocycles. The Balaban J connectivity index is 1.49. The number of amides is 1. The minimum absolute atomic E-state index is 0.141. The van der Waals surface area contributed by atoms with Gasteiger partial charge in [0, 0.05) is 18.1 Å². The van der Waals surface area contributed by atoms with Gasteiger partial charge in [-0.15, -0.1) is 11.3 Å². The summed E-state index contributed by atoms with van der Waals surface area (Å²) in [5, 5.41) is 1.72. The molecule has 0 spiro atoms. The van der Waals surface area contributed by atoms with Crippen LogP contribution in [0, 0.1) is 6.92 Å². The predicted molar refractivity (Wildman–Crippen MR) is 119 cm³/mol. The van der Waals surface area contributed by atoms with E-state index < -0.39 is 0 Å². The van der Waals surface area contributed by atoms with E-state index in [-0.39, 0.29) is 17.6 Å². The number of hydrogen-bond acceptors (Lipinski definition) is 6. The van der Waals surface area contributed by atoms with E-state index >= 15 is 0 Å². The Bertz CT molecular complexity index is 1320. The zero-order valence-corrected chi connectivity index (χ0v) is 17.7. The summed E-state index contributed by atoms with van der Waals surface area (Å²) in [6.07, 6.45) is 1.46. The van der Waals surface area contributed by atoms with Crippen molar-refractivity contribution in [3.8, 4) is 11.5 Å². The second kappa shape index (κ2) is 8.05. The summed E-state index contributed by atoms with van der Waals surface area (Å²) in [7, 11) is 0. The summed E-state index contributed by atoms with van der Waals surface area (Å²) in [5.41, 5.74) is 3.36. The fourth-order valence-electron chi connectivity index (χ4n) is 3.84. The van der Waals surface area contributed by atoms with Gasteiger partial charge in [0.2, 0.25) is 0 Å². The second-order valence-corrected chi connectivity index (χ2v) is 8.30. The lowest BCUT2D eigenvalue weighted by molar-refractivity contribution is -0.0230. The van der Waals surface area contributed by atoms with Gasteiger partial charge in [0.25, 0.3) is 11.5 Å². The summed E-state index contributed by atoms with van der Waals surface area (Å²) in [6, 6.07) is 13.4. The molecule has 5 rings (SSSR count). The van der Waals surface area contributed by atoms with Crippen LogP contribution >= 0.6 is 11.3 Å². The zero-order valence-electron chi connectivity index (χ0n) is 16.9. The van der Waals surface area contributed by atoms with E-state index in [0.29, 0.717) is 47.0 Å². The number of thiophene rings is 1. The summed E-state index contributed by atoms with van der Waals surface area (Å²) in [5.74, 6) is 0.212. The molecule has 0 saturated carbocycles. The summed E-state index contributed by atoms with van der Waals surface area (Å²) < 4.78 is 6.39. The summed E-state index contributed by atoms with van der Waals surface area (Å²) in [4.78, 5) is 39.4. The molecule has 4 aromatic rings. The third kappa shape index (κ3) is 3.64. The van der Waals surface area contributed by atoms with E-state index in [0.717, 1.165) is 11.1 Å². The Morgan fingerprint density at radius 1 is 1.23 bits per heavy atom. The molecule has 1 fully saturated rings. The number of carbonyl (C=O) groups excluding carboxylic acids is 1. The van der Waals surface area contributed by atoms with Crippen LogP contribution in [0.1, 0.15) is 27.6 Å². The largest absolute Gasteiger partial charge is 0.370 e. The van der Waals surface area contributed by atoms with Gasteiger partial charge in [-0.25, -0.2) is 4.98 Å². The van der Waals surface area contributed by atoms with Crippen molar-refractivity contribution in [3.05, 3.63) is 81.1 Å². The van der Waals surface area contributed by atoms with E-state index in [1.165, 1.54) is 11.3 Å². The minimum Gasteiger partial charge on any atom is -0.370 e. The molecule has 3 aromatic heterocycles. The smallest absolute Gasteiger partial charge is 0.269 e. The molecule has 0 aliphatic carbocycles.